The van der Waals surface area contributed by atoms with Gasteiger partial charge in [-0.25, -0.2) is 0 Å². The Morgan fingerprint density at radius 1 is 1.50 bits per heavy atom. The van der Waals surface area contributed by atoms with Crippen molar-refractivity contribution in [1.82, 2.24) is 0 Å². The lowest BCUT2D eigenvalue weighted by Gasteiger charge is -1.93. The fourth-order valence-electron chi connectivity index (χ4n) is 0.551. The van der Waals surface area contributed by atoms with Gasteiger partial charge in [-0.15, -0.1) is 0 Å². The van der Waals surface area contributed by atoms with Gasteiger partial charge < -0.3 is 5.11 Å². The molecule has 1 rings (SSSR count). The Bertz CT molecular complexity index is 262. The van der Waals surface area contributed by atoms with Crippen molar-refractivity contribution in [2.75, 3.05) is 0 Å². The SMILES string of the molecule is O=Ic1ccc(Cl)cc1O. The van der Waals surface area contributed by atoms with Crippen LogP contribution in [0.3, 0.4) is 0 Å². The van der Waals surface area contributed by atoms with E-state index in [1.165, 1.54) is 6.07 Å². The van der Waals surface area contributed by atoms with Crippen molar-refractivity contribution in [1.29, 1.82) is 0 Å². The molecule has 0 unspecified atom stereocenters. The zero-order valence-electron chi connectivity index (χ0n) is 4.84. The Kier molecular flexibility index (Phi) is 2.62. The fourth-order valence-corrected chi connectivity index (χ4v) is 1.43. The predicted octanol–water partition coefficient (Wildman–Crippen LogP) is 2.53. The van der Waals surface area contributed by atoms with Crippen LogP contribution in [0.4, 0.5) is 0 Å². The van der Waals surface area contributed by atoms with Gasteiger partial charge in [-0.05, 0) is 18.2 Å². The van der Waals surface area contributed by atoms with E-state index in [0.717, 1.165) is 0 Å². The maximum atomic E-state index is 10.4. The molecule has 0 saturated carbocycles. The Balaban J connectivity index is 3.19. The average molecular weight is 270 g/mol. The van der Waals surface area contributed by atoms with E-state index in [2.05, 4.69) is 0 Å². The molecule has 1 aromatic carbocycles. The van der Waals surface area contributed by atoms with Crippen LogP contribution < -0.4 is 0 Å². The van der Waals surface area contributed by atoms with Crippen LogP contribution in [0.2, 0.25) is 5.02 Å². The molecule has 0 spiro atoms. The molecular weight excluding hydrogens is 266 g/mol. The van der Waals surface area contributed by atoms with Crippen LogP contribution in [0.1, 0.15) is 0 Å². The number of rotatable bonds is 1. The van der Waals surface area contributed by atoms with Crippen LogP contribution in [0.25, 0.3) is 0 Å². The monoisotopic (exact) mass is 270 g/mol. The molecule has 10 heavy (non-hydrogen) atoms. The second-order valence-electron chi connectivity index (χ2n) is 1.67. The third kappa shape index (κ3) is 1.67. The Morgan fingerprint density at radius 2 is 2.20 bits per heavy atom. The second kappa shape index (κ2) is 3.30. The van der Waals surface area contributed by atoms with Crippen molar-refractivity contribution in [2.45, 2.75) is 0 Å². The lowest BCUT2D eigenvalue weighted by atomic mass is 10.3. The van der Waals surface area contributed by atoms with Gasteiger partial charge >= 0.3 is 0 Å². The number of hydrogen-bond acceptors (Lipinski definition) is 2. The van der Waals surface area contributed by atoms with E-state index >= 15 is 0 Å². The van der Waals surface area contributed by atoms with Crippen LogP contribution in [0.15, 0.2) is 18.2 Å². The average Bonchev–Trinajstić information content (AvgIpc) is 1.88. The molecule has 2 nitrogen and oxygen atoms in total. The van der Waals surface area contributed by atoms with Crippen LogP contribution in [0, 0.1) is 3.57 Å². The predicted molar refractivity (Wildman–Crippen MR) is 46.5 cm³/mol. The Labute approximate surface area is 73.5 Å². The zero-order chi connectivity index (χ0) is 7.56. The van der Waals surface area contributed by atoms with E-state index in [1.807, 2.05) is 0 Å². The number of halogens is 2. The largest absolute Gasteiger partial charge is 0.507 e. The van der Waals surface area contributed by atoms with Gasteiger partial charge in [0.1, 0.15) is 5.75 Å². The smallest absolute Gasteiger partial charge is 0.185 e. The normalized spacial score (nSPS) is 9.70. The van der Waals surface area contributed by atoms with E-state index in [0.29, 0.717) is 8.59 Å². The van der Waals surface area contributed by atoms with Gasteiger partial charge in [-0.2, -0.15) is 0 Å². The quantitative estimate of drug-likeness (QED) is 0.796. The van der Waals surface area contributed by atoms with Crippen molar-refractivity contribution >= 4 is 32.8 Å². The molecule has 0 fully saturated rings. The van der Waals surface area contributed by atoms with Crippen molar-refractivity contribution < 1.29 is 8.18 Å². The summed E-state index contributed by atoms with van der Waals surface area (Å²) in [5.41, 5.74) is 0. The first kappa shape index (κ1) is 7.94. The zero-order valence-corrected chi connectivity index (χ0v) is 7.76. The lowest BCUT2D eigenvalue weighted by molar-refractivity contribution is 0.471. The first-order chi connectivity index (χ1) is 4.74. The molecule has 54 valence electrons. The summed E-state index contributed by atoms with van der Waals surface area (Å²) in [6, 6.07) is 4.56. The Hall–Kier alpha value is -0.160. The van der Waals surface area contributed by atoms with Gasteiger partial charge in [0.2, 0.25) is 0 Å². The summed E-state index contributed by atoms with van der Waals surface area (Å²) in [6.45, 7) is 0. The molecule has 0 aliphatic rings. The van der Waals surface area contributed by atoms with Gasteiger partial charge in [0.05, 0.1) is 3.57 Å². The van der Waals surface area contributed by atoms with Crippen molar-refractivity contribution in [3.05, 3.63) is 26.8 Å². The van der Waals surface area contributed by atoms with Crippen LogP contribution >= 0.6 is 32.8 Å². The number of benzene rings is 1. The summed E-state index contributed by atoms with van der Waals surface area (Å²) in [5.74, 6) is 0.0234. The summed E-state index contributed by atoms with van der Waals surface area (Å²) >= 11 is 4.24. The highest BCUT2D eigenvalue weighted by Crippen LogP contribution is 2.25. The van der Waals surface area contributed by atoms with Gasteiger partial charge in [-0.3, -0.25) is 3.07 Å². The summed E-state index contributed by atoms with van der Waals surface area (Å²) < 4.78 is 10.9. The summed E-state index contributed by atoms with van der Waals surface area (Å²) in [4.78, 5) is 0. The highest BCUT2D eigenvalue weighted by atomic mass is 127. The summed E-state index contributed by atoms with van der Waals surface area (Å²) in [5, 5.41) is 9.49. The number of phenolic OH excluding ortho intramolecular Hbond substituents is 1. The molecule has 0 saturated heterocycles. The minimum atomic E-state index is -1.28. The third-order valence-corrected chi connectivity index (χ3v) is 2.61. The van der Waals surface area contributed by atoms with E-state index in [-0.39, 0.29) is 5.75 Å². The number of hydrogen-bond donors (Lipinski definition) is 1. The van der Waals surface area contributed by atoms with Gasteiger partial charge in [-0.1, -0.05) is 11.6 Å². The molecule has 0 aliphatic carbocycles. The molecule has 0 heterocycles. The highest BCUT2D eigenvalue weighted by molar-refractivity contribution is 14.1. The van der Waals surface area contributed by atoms with Crippen molar-refractivity contribution in [2.24, 2.45) is 0 Å². The molecule has 0 aromatic heterocycles. The number of phenols is 1. The molecule has 0 bridgehead atoms. The molecule has 1 aromatic rings. The molecular formula is C6H4ClIO2. The van der Waals surface area contributed by atoms with E-state index in [4.69, 9.17) is 16.7 Å². The van der Waals surface area contributed by atoms with E-state index < -0.39 is 21.2 Å². The van der Waals surface area contributed by atoms with E-state index in [9.17, 15) is 3.07 Å². The third-order valence-electron chi connectivity index (χ3n) is 0.991. The minimum Gasteiger partial charge on any atom is -0.507 e. The molecule has 1 N–H and O–H groups in total. The molecule has 0 atom stereocenters. The summed E-state index contributed by atoms with van der Waals surface area (Å²) in [7, 11) is 0. The van der Waals surface area contributed by atoms with Gasteiger partial charge in [0.15, 0.2) is 21.2 Å². The first-order valence-electron chi connectivity index (χ1n) is 2.49. The molecule has 0 aliphatic heterocycles. The standard InChI is InChI=1S/C6H4ClIO2/c7-4-1-2-5(8-10)6(9)3-4/h1-3,9H. The van der Waals surface area contributed by atoms with Crippen LogP contribution in [-0.4, -0.2) is 5.11 Å². The minimum absolute atomic E-state index is 0.0234. The van der Waals surface area contributed by atoms with Crippen molar-refractivity contribution in [3.63, 3.8) is 0 Å². The topological polar surface area (TPSA) is 37.3 Å². The molecule has 0 radical (unpaired) electrons. The Morgan fingerprint density at radius 3 is 2.70 bits per heavy atom. The molecule has 4 heteroatoms. The number of aromatic hydroxyl groups is 1. The van der Waals surface area contributed by atoms with Crippen LogP contribution in [-0.2, 0) is 3.07 Å². The maximum Gasteiger partial charge on any atom is 0.185 e. The highest BCUT2D eigenvalue weighted by Gasteiger charge is 1.99. The first-order valence-corrected chi connectivity index (χ1v) is 4.83. The van der Waals surface area contributed by atoms with Gasteiger partial charge in [0.25, 0.3) is 0 Å². The summed E-state index contributed by atoms with van der Waals surface area (Å²) in [6.07, 6.45) is 0. The van der Waals surface area contributed by atoms with Crippen molar-refractivity contribution in [3.8, 4) is 5.75 Å². The van der Waals surface area contributed by atoms with E-state index in [1.54, 1.807) is 12.1 Å². The fraction of sp³-hybridized carbons (Fsp3) is 0. The van der Waals surface area contributed by atoms with Crippen LogP contribution in [0.5, 0.6) is 5.75 Å². The van der Waals surface area contributed by atoms with Gasteiger partial charge in [0, 0.05) is 5.02 Å². The lowest BCUT2D eigenvalue weighted by Crippen LogP contribution is -1.72. The molecule has 0 amide bonds. The second-order valence-corrected chi connectivity index (χ2v) is 3.71. The maximum absolute atomic E-state index is 10.4.